The van der Waals surface area contributed by atoms with Crippen molar-refractivity contribution in [2.75, 3.05) is 26.8 Å². The average molecular weight is 440 g/mol. The summed E-state index contributed by atoms with van der Waals surface area (Å²) in [7, 11) is 1.66. The monoisotopic (exact) mass is 439 g/mol. The van der Waals surface area contributed by atoms with Crippen molar-refractivity contribution in [3.8, 4) is 16.9 Å². The Morgan fingerprint density at radius 3 is 2.58 bits per heavy atom. The van der Waals surface area contributed by atoms with Gasteiger partial charge in [-0.2, -0.15) is 0 Å². The first kappa shape index (κ1) is 20.8. The molecule has 0 bridgehead atoms. The van der Waals surface area contributed by atoms with E-state index in [0.717, 1.165) is 67.8 Å². The molecular formula is C26H30ClNO3. The minimum Gasteiger partial charge on any atom is -0.495 e. The van der Waals surface area contributed by atoms with Crippen LogP contribution in [0.1, 0.15) is 49.1 Å². The zero-order chi connectivity index (χ0) is 21.6. The van der Waals surface area contributed by atoms with Crippen LogP contribution in [0.2, 0.25) is 5.02 Å². The molecule has 164 valence electrons. The number of ether oxygens (including phenoxy) is 2. The van der Waals surface area contributed by atoms with Crippen molar-refractivity contribution >= 4 is 17.5 Å². The maximum absolute atomic E-state index is 12.6. The Hall–Kier alpha value is -2.04. The molecule has 2 aromatic carbocycles. The van der Waals surface area contributed by atoms with Gasteiger partial charge in [0.25, 0.3) is 5.91 Å². The van der Waals surface area contributed by atoms with Crippen LogP contribution >= 0.6 is 11.6 Å². The fourth-order valence-electron chi connectivity index (χ4n) is 5.57. The van der Waals surface area contributed by atoms with Gasteiger partial charge in [0.05, 0.1) is 12.1 Å². The third kappa shape index (κ3) is 3.85. The van der Waals surface area contributed by atoms with Crippen LogP contribution in [0, 0.1) is 12.3 Å². The van der Waals surface area contributed by atoms with Crippen LogP contribution in [0.25, 0.3) is 11.1 Å². The molecule has 1 amide bonds. The second kappa shape index (κ2) is 8.14. The van der Waals surface area contributed by atoms with E-state index in [1.165, 1.54) is 12.0 Å². The highest BCUT2D eigenvalue weighted by atomic mass is 35.5. The van der Waals surface area contributed by atoms with Crippen LogP contribution in [0.5, 0.6) is 5.75 Å². The van der Waals surface area contributed by atoms with Gasteiger partial charge < -0.3 is 14.4 Å². The number of piperidine rings is 1. The smallest absolute Gasteiger partial charge is 0.251 e. The maximum Gasteiger partial charge on any atom is 0.251 e. The molecule has 4 nitrogen and oxygen atoms in total. The Labute approximate surface area is 189 Å². The summed E-state index contributed by atoms with van der Waals surface area (Å²) in [6.07, 6.45) is 5.12. The number of likely N-dealkylation sites (tertiary alicyclic amines) is 1. The van der Waals surface area contributed by atoms with Crippen LogP contribution in [0.3, 0.4) is 0 Å². The summed E-state index contributed by atoms with van der Waals surface area (Å²) >= 11 is 6.39. The molecule has 2 atom stereocenters. The van der Waals surface area contributed by atoms with Crippen molar-refractivity contribution in [1.82, 2.24) is 4.90 Å². The number of amides is 1. The minimum atomic E-state index is -0.191. The fourth-order valence-corrected chi connectivity index (χ4v) is 5.92. The van der Waals surface area contributed by atoms with Gasteiger partial charge in [-0.1, -0.05) is 35.9 Å². The number of rotatable bonds is 4. The highest BCUT2D eigenvalue weighted by Crippen LogP contribution is 2.65. The van der Waals surface area contributed by atoms with Crippen molar-refractivity contribution in [1.29, 1.82) is 0 Å². The van der Waals surface area contributed by atoms with E-state index in [4.69, 9.17) is 21.1 Å². The second-order valence-electron chi connectivity index (χ2n) is 9.40. The van der Waals surface area contributed by atoms with Crippen molar-refractivity contribution in [2.45, 2.75) is 51.0 Å². The van der Waals surface area contributed by atoms with Crippen molar-refractivity contribution in [3.05, 3.63) is 52.5 Å². The molecule has 2 unspecified atom stereocenters. The van der Waals surface area contributed by atoms with Gasteiger partial charge in [-0.15, -0.1) is 0 Å². The molecular weight excluding hydrogens is 410 g/mol. The molecule has 1 saturated carbocycles. The van der Waals surface area contributed by atoms with E-state index in [2.05, 4.69) is 30.3 Å². The van der Waals surface area contributed by atoms with Crippen molar-refractivity contribution in [2.24, 2.45) is 5.41 Å². The van der Waals surface area contributed by atoms with Gasteiger partial charge in [0.15, 0.2) is 0 Å². The molecule has 2 aromatic rings. The molecule has 1 spiro atoms. The minimum absolute atomic E-state index is 0.191. The van der Waals surface area contributed by atoms with Crippen LogP contribution in [0.4, 0.5) is 0 Å². The van der Waals surface area contributed by atoms with Gasteiger partial charge in [-0.05, 0) is 79.2 Å². The number of hydrogen-bond acceptors (Lipinski definition) is 3. The van der Waals surface area contributed by atoms with Gasteiger partial charge in [-0.3, -0.25) is 4.79 Å². The maximum atomic E-state index is 12.6. The van der Waals surface area contributed by atoms with Crippen LogP contribution in [0.15, 0.2) is 36.4 Å². The third-order valence-electron chi connectivity index (χ3n) is 7.48. The quantitative estimate of drug-likeness (QED) is 0.622. The van der Waals surface area contributed by atoms with E-state index in [1.54, 1.807) is 7.11 Å². The number of methoxy groups -OCH3 is 1. The van der Waals surface area contributed by atoms with Gasteiger partial charge >= 0.3 is 0 Å². The SMILES string of the molecule is COc1c(Cl)cc(C)cc1-c1ccc(C2CC23CCN(C(=O)C2CCCO2)CC3)cc1. The predicted molar refractivity (Wildman–Crippen MR) is 123 cm³/mol. The summed E-state index contributed by atoms with van der Waals surface area (Å²) in [5.41, 5.74) is 5.05. The third-order valence-corrected chi connectivity index (χ3v) is 7.76. The lowest BCUT2D eigenvalue weighted by Crippen LogP contribution is -2.44. The Balaban J connectivity index is 1.26. The Bertz CT molecular complexity index is 973. The predicted octanol–water partition coefficient (Wildman–Crippen LogP) is 5.60. The normalized spacial score (nSPS) is 24.4. The Morgan fingerprint density at radius 2 is 1.94 bits per heavy atom. The number of carbonyl (C=O) groups is 1. The first-order valence-corrected chi connectivity index (χ1v) is 11.7. The molecule has 1 aliphatic carbocycles. The number of halogens is 1. The van der Waals surface area contributed by atoms with E-state index in [-0.39, 0.29) is 12.0 Å². The molecule has 0 aromatic heterocycles. The molecule has 2 saturated heterocycles. The molecule has 5 rings (SSSR count). The molecule has 5 heteroatoms. The Kier molecular flexibility index (Phi) is 5.47. The number of nitrogens with zero attached hydrogens (tertiary/aromatic N) is 1. The number of hydrogen-bond donors (Lipinski definition) is 0. The highest BCUT2D eigenvalue weighted by molar-refractivity contribution is 6.32. The van der Waals surface area contributed by atoms with Gasteiger partial charge in [0.1, 0.15) is 11.9 Å². The summed E-state index contributed by atoms with van der Waals surface area (Å²) in [6, 6.07) is 12.9. The summed E-state index contributed by atoms with van der Waals surface area (Å²) in [5, 5.41) is 0.645. The van der Waals surface area contributed by atoms with Crippen LogP contribution in [-0.4, -0.2) is 43.7 Å². The van der Waals surface area contributed by atoms with E-state index in [9.17, 15) is 4.79 Å². The molecule has 2 aliphatic heterocycles. The van der Waals surface area contributed by atoms with Gasteiger partial charge in [0.2, 0.25) is 0 Å². The molecule has 3 fully saturated rings. The van der Waals surface area contributed by atoms with Crippen molar-refractivity contribution in [3.63, 3.8) is 0 Å². The standard InChI is InChI=1S/C26H30ClNO3/c1-17-14-20(24(30-2)22(27)15-17)18-5-7-19(8-6-18)21-16-26(21)9-11-28(12-10-26)25(29)23-4-3-13-31-23/h5-8,14-15,21,23H,3-4,9-13,16H2,1-2H3. The lowest BCUT2D eigenvalue weighted by molar-refractivity contribution is -0.142. The summed E-state index contributed by atoms with van der Waals surface area (Å²) in [4.78, 5) is 14.7. The number of benzene rings is 2. The van der Waals surface area contributed by atoms with E-state index in [1.807, 2.05) is 17.9 Å². The van der Waals surface area contributed by atoms with Gasteiger partial charge in [0, 0.05) is 25.3 Å². The molecule has 2 heterocycles. The molecule has 31 heavy (non-hydrogen) atoms. The Morgan fingerprint density at radius 1 is 1.19 bits per heavy atom. The summed E-state index contributed by atoms with van der Waals surface area (Å²) in [6.45, 7) is 4.51. The zero-order valence-corrected chi connectivity index (χ0v) is 19.1. The number of aryl methyl sites for hydroxylation is 1. The van der Waals surface area contributed by atoms with E-state index >= 15 is 0 Å². The summed E-state index contributed by atoms with van der Waals surface area (Å²) in [5.74, 6) is 1.54. The van der Waals surface area contributed by atoms with Crippen LogP contribution in [-0.2, 0) is 9.53 Å². The fraction of sp³-hybridized carbons (Fsp3) is 0.500. The molecule has 0 radical (unpaired) electrons. The highest BCUT2D eigenvalue weighted by Gasteiger charge is 2.55. The van der Waals surface area contributed by atoms with E-state index < -0.39 is 0 Å². The second-order valence-corrected chi connectivity index (χ2v) is 9.80. The molecule has 3 aliphatic rings. The first-order chi connectivity index (χ1) is 15.0. The van der Waals surface area contributed by atoms with Crippen molar-refractivity contribution < 1.29 is 14.3 Å². The average Bonchev–Trinajstić information content (AvgIpc) is 3.20. The number of carbonyl (C=O) groups excluding carboxylic acids is 1. The lowest BCUT2D eigenvalue weighted by Gasteiger charge is -2.34. The topological polar surface area (TPSA) is 38.8 Å². The largest absolute Gasteiger partial charge is 0.495 e. The first-order valence-electron chi connectivity index (χ1n) is 11.4. The zero-order valence-electron chi connectivity index (χ0n) is 18.3. The van der Waals surface area contributed by atoms with Gasteiger partial charge in [-0.25, -0.2) is 0 Å². The lowest BCUT2D eigenvalue weighted by atomic mass is 9.88. The van der Waals surface area contributed by atoms with E-state index in [0.29, 0.717) is 16.4 Å². The van der Waals surface area contributed by atoms with Crippen LogP contribution < -0.4 is 4.74 Å². The summed E-state index contributed by atoms with van der Waals surface area (Å²) < 4.78 is 11.2. The molecule has 0 N–H and O–H groups in total.